The lowest BCUT2D eigenvalue weighted by Gasteiger charge is -2.13. The van der Waals surface area contributed by atoms with Crippen LogP contribution in [0.15, 0.2) is 54.7 Å². The Hall–Kier alpha value is -4.86. The van der Waals surface area contributed by atoms with E-state index in [1.54, 1.807) is 60.4 Å². The highest BCUT2D eigenvalue weighted by atomic mass is 16.5. The molecule has 0 aliphatic rings. The van der Waals surface area contributed by atoms with E-state index in [4.69, 9.17) is 22.0 Å². The number of para-hydroxylation sites is 1. The summed E-state index contributed by atoms with van der Waals surface area (Å²) in [5, 5.41) is 17.0. The van der Waals surface area contributed by atoms with Crippen LogP contribution in [0.5, 0.6) is 5.75 Å². The minimum atomic E-state index is -0.589. The summed E-state index contributed by atoms with van der Waals surface area (Å²) in [5.41, 5.74) is 15.3. The fraction of sp³-hybridized carbons (Fsp3) is 0.419. The molecule has 10 N–H and O–H groups in total. The van der Waals surface area contributed by atoms with Gasteiger partial charge in [-0.1, -0.05) is 29.5 Å². The number of rotatable bonds is 21. The summed E-state index contributed by atoms with van der Waals surface area (Å²) in [4.78, 5) is 48.0. The van der Waals surface area contributed by atoms with E-state index in [2.05, 4.69) is 31.7 Å². The smallest absolute Gasteiger partial charge is 0.255 e. The van der Waals surface area contributed by atoms with Gasteiger partial charge < -0.3 is 32.2 Å². The monoisotopic (exact) mass is 636 g/mol. The average Bonchev–Trinajstić information content (AvgIpc) is 3.50. The standard InChI is InChI=1S/C31H44N10O5/c1-35-25(28(32)42)12-4-6-16-37-31(45)24-11-2-3-14-27(24)46-20-23-19-41(40-39-23)18-21-9-8-10-22(17-21)30(44)36-15-7-5-13-26(38-34)29(33)43/h2-3,8-11,14,17,19,25-26,35,38H,4-7,12-13,15-16,18,20,34H2,1H3,(H2,32,42)(H2,33,43)(H,36,44)(H,37,45)/t25-,26-/m0/s1. The number of hydrogen-bond donors (Lipinski definition) is 7. The van der Waals surface area contributed by atoms with Crippen LogP contribution in [-0.2, 0) is 22.7 Å². The number of carbonyl (C=O) groups is 4. The molecule has 0 aliphatic carbocycles. The van der Waals surface area contributed by atoms with Gasteiger partial charge in [-0.2, -0.15) is 0 Å². The molecule has 2 aromatic carbocycles. The van der Waals surface area contributed by atoms with E-state index in [9.17, 15) is 19.2 Å². The summed E-state index contributed by atoms with van der Waals surface area (Å²) in [7, 11) is 1.69. The first-order valence-electron chi connectivity index (χ1n) is 15.2. The van der Waals surface area contributed by atoms with Crippen LogP contribution in [0.2, 0.25) is 0 Å². The predicted octanol–water partition coefficient (Wildman–Crippen LogP) is 0.0961. The largest absolute Gasteiger partial charge is 0.486 e. The number of nitrogens with one attached hydrogen (secondary N) is 4. The van der Waals surface area contributed by atoms with Crippen molar-refractivity contribution in [2.45, 2.75) is 63.8 Å². The fourth-order valence-electron chi connectivity index (χ4n) is 4.70. The number of nitrogens with two attached hydrogens (primary N) is 3. The molecule has 3 aromatic rings. The minimum absolute atomic E-state index is 0.104. The van der Waals surface area contributed by atoms with Gasteiger partial charge in [0.1, 0.15) is 18.1 Å². The molecule has 0 radical (unpaired) electrons. The molecule has 1 aromatic heterocycles. The van der Waals surface area contributed by atoms with E-state index in [0.29, 0.717) is 74.3 Å². The van der Waals surface area contributed by atoms with Crippen LogP contribution in [0, 0.1) is 0 Å². The Kier molecular flexibility index (Phi) is 14.6. The number of hydrogen-bond acceptors (Lipinski definition) is 10. The topological polar surface area (TPSA) is 234 Å². The second-order valence-corrected chi connectivity index (χ2v) is 10.8. The van der Waals surface area contributed by atoms with Crippen LogP contribution in [0.3, 0.4) is 0 Å². The summed E-state index contributed by atoms with van der Waals surface area (Å²) < 4.78 is 7.57. The zero-order chi connectivity index (χ0) is 33.3. The molecule has 0 fully saturated rings. The van der Waals surface area contributed by atoms with E-state index in [-0.39, 0.29) is 24.5 Å². The Bertz CT molecular complexity index is 1450. The van der Waals surface area contributed by atoms with Crippen LogP contribution in [0.4, 0.5) is 0 Å². The number of carbonyl (C=O) groups excluding carboxylic acids is 4. The molecule has 3 rings (SSSR count). The average molecular weight is 637 g/mol. The summed E-state index contributed by atoms with van der Waals surface area (Å²) in [6.45, 7) is 1.40. The lowest BCUT2D eigenvalue weighted by atomic mass is 10.1. The van der Waals surface area contributed by atoms with Gasteiger partial charge in [0.25, 0.3) is 11.8 Å². The van der Waals surface area contributed by atoms with E-state index >= 15 is 0 Å². The van der Waals surface area contributed by atoms with Crippen LogP contribution < -0.4 is 43.4 Å². The van der Waals surface area contributed by atoms with Crippen molar-refractivity contribution >= 4 is 23.6 Å². The summed E-state index contributed by atoms with van der Waals surface area (Å²) >= 11 is 0. The number of primary amides is 2. The number of ether oxygens (including phenoxy) is 1. The van der Waals surface area contributed by atoms with Crippen LogP contribution in [-0.4, -0.2) is 70.8 Å². The highest BCUT2D eigenvalue weighted by molar-refractivity contribution is 5.97. The number of hydrazine groups is 1. The highest BCUT2D eigenvalue weighted by Gasteiger charge is 2.15. The van der Waals surface area contributed by atoms with Crippen molar-refractivity contribution in [1.82, 2.24) is 36.4 Å². The maximum Gasteiger partial charge on any atom is 0.255 e. The molecule has 0 unspecified atom stereocenters. The number of unbranched alkanes of at least 4 members (excludes halogenated alkanes) is 2. The molecule has 0 saturated heterocycles. The first-order chi connectivity index (χ1) is 22.2. The van der Waals surface area contributed by atoms with Crippen molar-refractivity contribution in [3.63, 3.8) is 0 Å². The number of aromatic nitrogens is 3. The molecule has 1 heterocycles. The Labute approximate surface area is 267 Å². The zero-order valence-corrected chi connectivity index (χ0v) is 26.0. The molecule has 15 nitrogen and oxygen atoms in total. The van der Waals surface area contributed by atoms with Gasteiger partial charge in [0.05, 0.1) is 30.4 Å². The van der Waals surface area contributed by atoms with Gasteiger partial charge in [0, 0.05) is 18.7 Å². The lowest BCUT2D eigenvalue weighted by molar-refractivity contribution is -0.120. The van der Waals surface area contributed by atoms with Crippen molar-refractivity contribution in [2.75, 3.05) is 20.1 Å². The van der Waals surface area contributed by atoms with E-state index in [0.717, 1.165) is 12.0 Å². The quantitative estimate of drug-likeness (QED) is 0.0473. The molecule has 0 bridgehead atoms. The zero-order valence-electron chi connectivity index (χ0n) is 26.0. The molecule has 248 valence electrons. The van der Waals surface area contributed by atoms with Crippen LogP contribution >= 0.6 is 0 Å². The van der Waals surface area contributed by atoms with Crippen molar-refractivity contribution in [3.05, 3.63) is 77.1 Å². The SMILES string of the molecule is CN[C@@H](CCCCNC(=O)c1ccccc1OCc1cn(Cc2cccc(C(=O)NCCCC[C@H](NN)C(N)=O)c2)nn1)C(N)=O. The van der Waals surface area contributed by atoms with E-state index in [1.165, 1.54) is 0 Å². The van der Waals surface area contributed by atoms with Crippen molar-refractivity contribution < 1.29 is 23.9 Å². The Balaban J connectivity index is 1.45. The fourth-order valence-corrected chi connectivity index (χ4v) is 4.70. The van der Waals surface area contributed by atoms with E-state index in [1.807, 2.05) is 6.07 Å². The second-order valence-electron chi connectivity index (χ2n) is 10.8. The molecule has 0 spiro atoms. The maximum absolute atomic E-state index is 12.8. The number of amides is 4. The van der Waals surface area contributed by atoms with Crippen LogP contribution in [0.25, 0.3) is 0 Å². The van der Waals surface area contributed by atoms with Gasteiger partial charge in [-0.05, 0) is 75.4 Å². The molecule has 0 saturated carbocycles. The number of nitrogens with zero attached hydrogens (tertiary/aromatic N) is 3. The molecule has 0 aliphatic heterocycles. The predicted molar refractivity (Wildman–Crippen MR) is 171 cm³/mol. The molecule has 4 amide bonds. The van der Waals surface area contributed by atoms with Gasteiger partial charge >= 0.3 is 0 Å². The summed E-state index contributed by atoms with van der Waals surface area (Å²) in [6, 6.07) is 13.2. The van der Waals surface area contributed by atoms with E-state index < -0.39 is 17.9 Å². The normalized spacial score (nSPS) is 12.2. The minimum Gasteiger partial charge on any atom is -0.486 e. The maximum atomic E-state index is 12.8. The third-order valence-electron chi connectivity index (χ3n) is 7.27. The molecule has 15 heteroatoms. The summed E-state index contributed by atoms with van der Waals surface area (Å²) in [5.74, 6) is 4.37. The van der Waals surface area contributed by atoms with Crippen molar-refractivity contribution in [3.8, 4) is 5.75 Å². The Morgan fingerprint density at radius 3 is 2.22 bits per heavy atom. The molecule has 2 atom stereocenters. The summed E-state index contributed by atoms with van der Waals surface area (Å²) in [6.07, 6.45) is 5.61. The van der Waals surface area contributed by atoms with Gasteiger partial charge in [-0.25, -0.2) is 10.1 Å². The van der Waals surface area contributed by atoms with Gasteiger partial charge in [-0.3, -0.25) is 25.0 Å². The van der Waals surface area contributed by atoms with Gasteiger partial charge in [0.2, 0.25) is 11.8 Å². The lowest BCUT2D eigenvalue weighted by Crippen LogP contribution is -2.45. The van der Waals surface area contributed by atoms with Gasteiger partial charge in [0.15, 0.2) is 0 Å². The molecular formula is C31H44N10O5. The third kappa shape index (κ3) is 11.6. The molecule has 46 heavy (non-hydrogen) atoms. The Morgan fingerprint density at radius 2 is 1.54 bits per heavy atom. The number of likely N-dealkylation sites (N-methyl/N-ethyl adjacent to an activating group) is 1. The third-order valence-corrected chi connectivity index (χ3v) is 7.27. The highest BCUT2D eigenvalue weighted by Crippen LogP contribution is 2.19. The van der Waals surface area contributed by atoms with Crippen molar-refractivity contribution in [2.24, 2.45) is 17.3 Å². The van der Waals surface area contributed by atoms with Gasteiger partial charge in [-0.15, -0.1) is 5.10 Å². The second kappa shape index (κ2) is 18.8. The van der Waals surface area contributed by atoms with Crippen molar-refractivity contribution in [1.29, 1.82) is 0 Å². The molecular weight excluding hydrogens is 592 g/mol. The first kappa shape index (κ1) is 35.6. The van der Waals surface area contributed by atoms with Crippen LogP contribution in [0.1, 0.15) is 70.5 Å². The number of benzene rings is 2. The first-order valence-corrected chi connectivity index (χ1v) is 15.2. The Morgan fingerprint density at radius 1 is 0.870 bits per heavy atom.